The molecule has 12 heavy (non-hydrogen) atoms. The van der Waals surface area contributed by atoms with E-state index in [1.54, 1.807) is 6.07 Å². The molecule has 1 aromatic rings. The van der Waals surface area contributed by atoms with Crippen molar-refractivity contribution >= 4 is 10.9 Å². The van der Waals surface area contributed by atoms with Crippen LogP contribution in [0.5, 0.6) is 11.5 Å². The van der Waals surface area contributed by atoms with Crippen molar-refractivity contribution in [3.05, 3.63) is 18.2 Å². The first kappa shape index (κ1) is 11.5. The number of phenols is 2. The van der Waals surface area contributed by atoms with Gasteiger partial charge in [-0.15, -0.1) is 0 Å². The maximum Gasteiger partial charge on any atom is 0.213 e. The molecule has 0 saturated heterocycles. The van der Waals surface area contributed by atoms with Crippen LogP contribution in [0.1, 0.15) is 0 Å². The van der Waals surface area contributed by atoms with Gasteiger partial charge in [0.25, 0.3) is 0 Å². The molecule has 0 radical (unpaired) electrons. The summed E-state index contributed by atoms with van der Waals surface area (Å²) >= 11 is 0. The van der Waals surface area contributed by atoms with E-state index in [0.29, 0.717) is 0 Å². The van der Waals surface area contributed by atoms with E-state index in [2.05, 4.69) is 0 Å². The van der Waals surface area contributed by atoms with Crippen molar-refractivity contribution in [1.29, 1.82) is 0 Å². The topological polar surface area (TPSA) is 40.5 Å². The van der Waals surface area contributed by atoms with Crippen LogP contribution in [-0.2, 0) is 10.9 Å². The molecular weight excluding hydrogens is 196 g/mol. The molecule has 0 unspecified atom stereocenters. The van der Waals surface area contributed by atoms with Crippen LogP contribution in [0.3, 0.4) is 0 Å². The molecule has 0 fully saturated rings. The molecule has 1 rings (SSSR count). The van der Waals surface area contributed by atoms with Crippen molar-refractivity contribution in [3.8, 4) is 11.5 Å². The van der Waals surface area contributed by atoms with E-state index in [4.69, 9.17) is 5.11 Å². The number of aromatic hydroxyl groups is 2. The van der Waals surface area contributed by atoms with Crippen LogP contribution < -0.4 is 12.4 Å². The molecule has 1 aromatic carbocycles. The largest absolute Gasteiger partial charge is 1.00 e. The van der Waals surface area contributed by atoms with E-state index < -0.39 is 0 Å². The predicted octanol–water partition coefficient (Wildman–Crippen LogP) is -1.66. The molecule has 2 nitrogen and oxygen atoms in total. The average Bonchev–Trinajstić information content (AvgIpc) is 1.94. The van der Waals surface area contributed by atoms with Crippen molar-refractivity contribution in [1.82, 2.24) is 0 Å². The van der Waals surface area contributed by atoms with Gasteiger partial charge in [0.05, 0.1) is 0 Å². The molecule has 0 atom stereocenters. The lowest BCUT2D eigenvalue weighted by Gasteiger charge is -2.00. The van der Waals surface area contributed by atoms with Gasteiger partial charge in [-0.3, -0.25) is 0 Å². The van der Waals surface area contributed by atoms with Gasteiger partial charge in [0.2, 0.25) is 5.75 Å². The van der Waals surface area contributed by atoms with Crippen LogP contribution in [0.4, 0.5) is 0 Å². The summed E-state index contributed by atoms with van der Waals surface area (Å²) in [7, 11) is -0.0108. The second-order valence-corrected chi connectivity index (χ2v) is 4.51. The quantitative estimate of drug-likeness (QED) is 0.427. The van der Waals surface area contributed by atoms with E-state index in [9.17, 15) is 5.11 Å². The minimum Gasteiger partial charge on any atom is -1.00 e. The number of phenolic OH excluding ortho intramolecular Hbond substituents is 2. The zero-order valence-corrected chi connectivity index (χ0v) is 8.49. The summed E-state index contributed by atoms with van der Waals surface area (Å²) in [4.78, 5) is 0.810. The van der Waals surface area contributed by atoms with Crippen molar-refractivity contribution in [2.45, 2.75) is 4.90 Å². The maximum atomic E-state index is 9.32. The Morgan fingerprint density at radius 3 is 2.17 bits per heavy atom. The van der Waals surface area contributed by atoms with Crippen molar-refractivity contribution in [3.63, 3.8) is 0 Å². The van der Waals surface area contributed by atoms with Gasteiger partial charge in [0.1, 0.15) is 12.5 Å². The average molecular weight is 207 g/mol. The highest BCUT2D eigenvalue weighted by molar-refractivity contribution is 7.95. The van der Waals surface area contributed by atoms with E-state index in [1.807, 2.05) is 18.6 Å². The fourth-order valence-corrected chi connectivity index (χ4v) is 1.68. The van der Waals surface area contributed by atoms with Gasteiger partial charge in [-0.25, -0.2) is 0 Å². The summed E-state index contributed by atoms with van der Waals surface area (Å²) in [5.41, 5.74) is 0. The molecular formula is C8H11ClO2S. The highest BCUT2D eigenvalue weighted by Crippen LogP contribution is 2.31. The Balaban J connectivity index is 0.00000121. The molecule has 0 aliphatic carbocycles. The molecule has 0 bridgehead atoms. The Hall–Kier alpha value is -0.540. The molecule has 4 heteroatoms. The Labute approximate surface area is 81.0 Å². The summed E-state index contributed by atoms with van der Waals surface area (Å²) in [5.74, 6) is -0.0236. The van der Waals surface area contributed by atoms with Gasteiger partial charge >= 0.3 is 0 Å². The highest BCUT2D eigenvalue weighted by Gasteiger charge is 2.16. The van der Waals surface area contributed by atoms with Gasteiger partial charge in [0, 0.05) is 10.9 Å². The number of hydrogen-bond donors (Lipinski definition) is 2. The molecule has 2 N–H and O–H groups in total. The van der Waals surface area contributed by atoms with Gasteiger partial charge in [-0.2, -0.15) is 0 Å². The van der Waals surface area contributed by atoms with Crippen LogP contribution in [0.2, 0.25) is 0 Å². The summed E-state index contributed by atoms with van der Waals surface area (Å²) in [6.45, 7) is 0. The summed E-state index contributed by atoms with van der Waals surface area (Å²) < 4.78 is 0. The zero-order valence-electron chi connectivity index (χ0n) is 6.91. The second kappa shape index (κ2) is 4.48. The molecule has 0 aromatic heterocycles. The van der Waals surface area contributed by atoms with E-state index in [0.717, 1.165) is 4.90 Å². The summed E-state index contributed by atoms with van der Waals surface area (Å²) in [6, 6.07) is 5.03. The van der Waals surface area contributed by atoms with E-state index >= 15 is 0 Å². The van der Waals surface area contributed by atoms with Gasteiger partial charge < -0.3 is 22.6 Å². The molecule has 68 valence electrons. The summed E-state index contributed by atoms with van der Waals surface area (Å²) in [6.07, 6.45) is 3.99. The van der Waals surface area contributed by atoms with Gasteiger partial charge in [0.15, 0.2) is 10.6 Å². The lowest BCUT2D eigenvalue weighted by molar-refractivity contribution is -0.00000421. The fraction of sp³-hybridized carbons (Fsp3) is 0.250. The monoisotopic (exact) mass is 206 g/mol. The van der Waals surface area contributed by atoms with E-state index in [-0.39, 0.29) is 34.8 Å². The molecule has 0 saturated carbocycles. The Bertz CT molecular complexity index is 263. The van der Waals surface area contributed by atoms with Gasteiger partial charge in [-0.05, 0) is 12.1 Å². The fourth-order valence-electron chi connectivity index (χ4n) is 0.840. The smallest absolute Gasteiger partial charge is 0.213 e. The first-order chi connectivity index (χ1) is 5.13. The molecule has 0 spiro atoms. The molecule has 0 amide bonds. The third-order valence-electron chi connectivity index (χ3n) is 1.42. The minimum atomic E-state index is -0.0382. The van der Waals surface area contributed by atoms with Crippen LogP contribution in [0, 0.1) is 0 Å². The Morgan fingerprint density at radius 1 is 1.17 bits per heavy atom. The molecule has 0 aliphatic heterocycles. The number of benzene rings is 1. The number of hydrogen-bond acceptors (Lipinski definition) is 2. The van der Waals surface area contributed by atoms with Crippen molar-refractivity contribution < 1.29 is 22.6 Å². The minimum absolute atomic E-state index is 0. The predicted molar refractivity (Wildman–Crippen MR) is 47.3 cm³/mol. The Morgan fingerprint density at radius 2 is 1.75 bits per heavy atom. The van der Waals surface area contributed by atoms with Crippen LogP contribution >= 0.6 is 0 Å². The normalized spacial score (nSPS) is 9.58. The zero-order chi connectivity index (χ0) is 8.43. The number of rotatable bonds is 1. The maximum absolute atomic E-state index is 9.32. The van der Waals surface area contributed by atoms with Crippen LogP contribution in [0.15, 0.2) is 23.1 Å². The first-order valence-electron chi connectivity index (χ1n) is 3.21. The number of halogens is 1. The summed E-state index contributed by atoms with van der Waals surface area (Å²) in [5, 5.41) is 18.4. The standard InChI is InChI=1S/C8H10O2S.ClH/c1-11(2)7-5-3-4-6(9)8(7)10;/h3-5H,1-2H3,(H-,9,10);1H. The van der Waals surface area contributed by atoms with Crippen LogP contribution in [0.25, 0.3) is 0 Å². The number of para-hydroxylation sites is 1. The van der Waals surface area contributed by atoms with E-state index in [1.165, 1.54) is 6.07 Å². The third-order valence-corrected chi connectivity index (χ3v) is 2.63. The lowest BCUT2D eigenvalue weighted by atomic mass is 10.3. The van der Waals surface area contributed by atoms with Crippen molar-refractivity contribution in [2.24, 2.45) is 0 Å². The van der Waals surface area contributed by atoms with Crippen LogP contribution in [-0.4, -0.2) is 22.7 Å². The molecule has 0 aliphatic rings. The van der Waals surface area contributed by atoms with Crippen molar-refractivity contribution in [2.75, 3.05) is 12.5 Å². The first-order valence-corrected chi connectivity index (χ1v) is 5.25. The Kier molecular flexibility index (Phi) is 4.28. The second-order valence-electron chi connectivity index (χ2n) is 2.44. The lowest BCUT2D eigenvalue weighted by Crippen LogP contribution is -3.00. The third kappa shape index (κ3) is 2.22. The SMILES string of the molecule is C[S+](C)c1cccc(O)c1O.[Cl-]. The van der Waals surface area contributed by atoms with Gasteiger partial charge in [-0.1, -0.05) is 6.07 Å². The highest BCUT2D eigenvalue weighted by atomic mass is 35.5. The molecule has 0 heterocycles.